The molecule has 0 spiro atoms. The van der Waals surface area contributed by atoms with Gasteiger partial charge in [-0.15, -0.1) is 0 Å². The van der Waals surface area contributed by atoms with E-state index >= 15 is 0 Å². The fourth-order valence-corrected chi connectivity index (χ4v) is 4.18. The van der Waals surface area contributed by atoms with E-state index in [1.54, 1.807) is 35.9 Å². The molecule has 0 fully saturated rings. The molecule has 0 aliphatic carbocycles. The molecule has 0 bridgehead atoms. The Balaban J connectivity index is 1.84. The first-order valence-electron chi connectivity index (χ1n) is 6.89. The number of halogens is 1. The second-order valence-electron chi connectivity index (χ2n) is 5.11. The second-order valence-corrected chi connectivity index (χ2v) is 7.77. The molecule has 0 amide bonds. The summed E-state index contributed by atoms with van der Waals surface area (Å²) in [5.41, 5.74) is 0.560. The smallest absolute Gasteiger partial charge is 0.293 e. The SMILES string of the molecule is Cc1cc2c(=O)n(C)c(SCC(=O)c3ccc(Cl)cc3)[nH+]c2s1. The van der Waals surface area contributed by atoms with Crippen LogP contribution in [0.3, 0.4) is 0 Å². The number of hydrogen-bond acceptors (Lipinski definition) is 4. The summed E-state index contributed by atoms with van der Waals surface area (Å²) in [6.07, 6.45) is 0. The molecular formula is C16H14ClN2O2S2+. The second kappa shape index (κ2) is 6.47. The summed E-state index contributed by atoms with van der Waals surface area (Å²) in [5.74, 6) is 0.247. The van der Waals surface area contributed by atoms with Crippen LogP contribution in [0.25, 0.3) is 10.2 Å². The third kappa shape index (κ3) is 3.34. The van der Waals surface area contributed by atoms with E-state index in [1.165, 1.54) is 23.1 Å². The van der Waals surface area contributed by atoms with Gasteiger partial charge in [-0.25, -0.2) is 9.78 Å². The molecule has 23 heavy (non-hydrogen) atoms. The zero-order valence-corrected chi connectivity index (χ0v) is 14.9. The van der Waals surface area contributed by atoms with Crippen molar-refractivity contribution in [1.82, 2.24) is 4.57 Å². The van der Waals surface area contributed by atoms with E-state index in [9.17, 15) is 9.59 Å². The zero-order chi connectivity index (χ0) is 16.6. The highest BCUT2D eigenvalue weighted by atomic mass is 35.5. The molecule has 0 aliphatic rings. The number of Topliss-reactive ketones (excluding diaryl/α,β-unsaturated/α-hetero) is 1. The van der Waals surface area contributed by atoms with Gasteiger partial charge in [0.25, 0.3) is 0 Å². The van der Waals surface area contributed by atoms with E-state index in [0.717, 1.165) is 9.71 Å². The van der Waals surface area contributed by atoms with Crippen LogP contribution in [0.2, 0.25) is 5.02 Å². The molecule has 2 aromatic heterocycles. The van der Waals surface area contributed by atoms with Gasteiger partial charge < -0.3 is 0 Å². The Hall–Kier alpha value is -1.63. The van der Waals surface area contributed by atoms with Crippen molar-refractivity contribution in [2.24, 2.45) is 7.05 Å². The number of benzene rings is 1. The first kappa shape index (κ1) is 16.2. The number of rotatable bonds is 4. The molecular weight excluding hydrogens is 352 g/mol. The van der Waals surface area contributed by atoms with Crippen molar-refractivity contribution in [2.75, 3.05) is 5.75 Å². The van der Waals surface area contributed by atoms with Gasteiger partial charge in [-0.2, -0.15) is 4.57 Å². The van der Waals surface area contributed by atoms with Crippen molar-refractivity contribution in [3.05, 3.63) is 56.1 Å². The van der Waals surface area contributed by atoms with Gasteiger partial charge in [0.05, 0.1) is 12.8 Å². The number of hydrogen-bond donors (Lipinski definition) is 0. The Kier molecular flexibility index (Phi) is 4.57. The van der Waals surface area contributed by atoms with Gasteiger partial charge in [0, 0.05) is 15.5 Å². The number of nitrogens with zero attached hydrogens (tertiary/aromatic N) is 1. The Morgan fingerprint density at radius 1 is 1.35 bits per heavy atom. The van der Waals surface area contributed by atoms with Crippen molar-refractivity contribution in [3.63, 3.8) is 0 Å². The summed E-state index contributed by atoms with van der Waals surface area (Å²) in [4.78, 5) is 29.7. The highest BCUT2D eigenvalue weighted by Crippen LogP contribution is 2.21. The number of aryl methyl sites for hydroxylation is 1. The van der Waals surface area contributed by atoms with Gasteiger partial charge in [-0.3, -0.25) is 4.79 Å². The molecule has 0 radical (unpaired) electrons. The summed E-state index contributed by atoms with van der Waals surface area (Å²) in [7, 11) is 1.71. The number of aromatic amines is 1. The summed E-state index contributed by atoms with van der Waals surface area (Å²) >= 11 is 8.69. The predicted molar refractivity (Wildman–Crippen MR) is 94.9 cm³/mol. The van der Waals surface area contributed by atoms with Crippen molar-refractivity contribution in [2.45, 2.75) is 12.1 Å². The third-order valence-electron chi connectivity index (χ3n) is 3.42. The number of carbonyl (C=O) groups is 1. The molecule has 0 saturated carbocycles. The van der Waals surface area contributed by atoms with Crippen LogP contribution >= 0.6 is 34.7 Å². The van der Waals surface area contributed by atoms with Crippen molar-refractivity contribution < 1.29 is 9.78 Å². The number of fused-ring (bicyclic) bond motifs is 1. The number of carbonyl (C=O) groups excluding carboxylic acids is 1. The first-order valence-corrected chi connectivity index (χ1v) is 9.08. The van der Waals surface area contributed by atoms with Gasteiger partial charge in [0.2, 0.25) is 0 Å². The number of aromatic nitrogens is 2. The summed E-state index contributed by atoms with van der Waals surface area (Å²) in [6, 6.07) is 8.69. The first-order chi connectivity index (χ1) is 11.0. The molecule has 3 aromatic rings. The molecule has 1 N–H and O–H groups in total. The average Bonchev–Trinajstić information content (AvgIpc) is 2.90. The van der Waals surface area contributed by atoms with Gasteiger partial charge in [-0.05, 0) is 49.0 Å². The largest absolute Gasteiger partial charge is 0.346 e. The minimum absolute atomic E-state index is 0.00465. The van der Waals surface area contributed by atoms with Crippen LogP contribution in [0.1, 0.15) is 15.2 Å². The minimum atomic E-state index is -0.0514. The van der Waals surface area contributed by atoms with Crippen molar-refractivity contribution in [3.8, 4) is 0 Å². The summed E-state index contributed by atoms with van der Waals surface area (Å²) < 4.78 is 1.55. The molecule has 0 atom stereocenters. The lowest BCUT2D eigenvalue weighted by atomic mass is 10.1. The lowest BCUT2D eigenvalue weighted by Gasteiger charge is -2.01. The number of thioether (sulfide) groups is 1. The van der Waals surface area contributed by atoms with Crippen LogP contribution in [-0.2, 0) is 7.05 Å². The van der Waals surface area contributed by atoms with Crippen LogP contribution in [0.4, 0.5) is 0 Å². The van der Waals surface area contributed by atoms with E-state index in [0.29, 0.717) is 21.1 Å². The summed E-state index contributed by atoms with van der Waals surface area (Å²) in [6.45, 7) is 1.97. The van der Waals surface area contributed by atoms with E-state index in [1.807, 2.05) is 13.0 Å². The highest BCUT2D eigenvalue weighted by molar-refractivity contribution is 7.99. The van der Waals surface area contributed by atoms with E-state index in [-0.39, 0.29) is 17.1 Å². The standard InChI is InChI=1S/C16H13ClN2O2S2/c1-9-7-12-14(23-9)18-16(19(2)15(12)21)22-8-13(20)10-3-5-11(17)6-4-10/h3-7H,8H2,1-2H3/p+1. The van der Waals surface area contributed by atoms with E-state index < -0.39 is 0 Å². The maximum absolute atomic E-state index is 12.4. The molecule has 4 nitrogen and oxygen atoms in total. The molecule has 0 saturated heterocycles. The maximum Gasteiger partial charge on any atom is 0.346 e. The fraction of sp³-hybridized carbons (Fsp3) is 0.188. The maximum atomic E-state index is 12.4. The molecule has 0 aliphatic heterocycles. The summed E-state index contributed by atoms with van der Waals surface area (Å²) in [5, 5.41) is 1.96. The van der Waals surface area contributed by atoms with Crippen LogP contribution in [0.15, 0.2) is 40.3 Å². The van der Waals surface area contributed by atoms with Crippen LogP contribution < -0.4 is 10.5 Å². The van der Waals surface area contributed by atoms with Gasteiger partial charge in [0.1, 0.15) is 5.39 Å². The monoisotopic (exact) mass is 365 g/mol. The third-order valence-corrected chi connectivity index (χ3v) is 5.70. The van der Waals surface area contributed by atoms with Crippen LogP contribution in [0, 0.1) is 6.92 Å². The number of H-pyrrole nitrogens is 1. The normalized spacial score (nSPS) is 11.1. The molecule has 0 unspecified atom stereocenters. The zero-order valence-electron chi connectivity index (χ0n) is 12.6. The number of ketones is 1. The number of thiophene rings is 1. The molecule has 2 heterocycles. The fourth-order valence-electron chi connectivity index (χ4n) is 2.21. The predicted octanol–water partition coefficient (Wildman–Crippen LogP) is 3.35. The molecule has 1 aromatic carbocycles. The van der Waals surface area contributed by atoms with E-state index in [4.69, 9.17) is 11.6 Å². The average molecular weight is 366 g/mol. The van der Waals surface area contributed by atoms with Crippen molar-refractivity contribution >= 4 is 50.7 Å². The Morgan fingerprint density at radius 2 is 2.04 bits per heavy atom. The van der Waals surface area contributed by atoms with Gasteiger partial charge in [-0.1, -0.05) is 22.9 Å². The topological polar surface area (TPSA) is 53.2 Å². The molecule has 7 heteroatoms. The van der Waals surface area contributed by atoms with Gasteiger partial charge >= 0.3 is 10.7 Å². The quantitative estimate of drug-likeness (QED) is 0.404. The number of nitrogens with one attached hydrogen (secondary N) is 1. The van der Waals surface area contributed by atoms with E-state index in [2.05, 4.69) is 4.98 Å². The van der Waals surface area contributed by atoms with Crippen LogP contribution in [-0.4, -0.2) is 16.1 Å². The lowest BCUT2D eigenvalue weighted by Crippen LogP contribution is -2.27. The van der Waals surface area contributed by atoms with Crippen LogP contribution in [0.5, 0.6) is 0 Å². The Morgan fingerprint density at radius 3 is 2.74 bits per heavy atom. The minimum Gasteiger partial charge on any atom is -0.293 e. The van der Waals surface area contributed by atoms with Gasteiger partial charge in [0.15, 0.2) is 10.6 Å². The Labute approximate surface area is 146 Å². The lowest BCUT2D eigenvalue weighted by molar-refractivity contribution is -0.404. The van der Waals surface area contributed by atoms with Crippen molar-refractivity contribution in [1.29, 1.82) is 0 Å². The highest BCUT2D eigenvalue weighted by Gasteiger charge is 2.19. The molecule has 118 valence electrons. The Bertz CT molecular complexity index is 945. The molecule has 3 rings (SSSR count).